The van der Waals surface area contributed by atoms with Gasteiger partial charge >= 0.3 is 0 Å². The number of H-pyrrole nitrogens is 2. The lowest BCUT2D eigenvalue weighted by atomic mass is 9.92. The molecule has 1 radical (unpaired) electrons. The van der Waals surface area contributed by atoms with Crippen molar-refractivity contribution in [1.29, 1.82) is 0 Å². The van der Waals surface area contributed by atoms with Crippen molar-refractivity contribution in [3.05, 3.63) is 75.8 Å². The first-order valence-corrected chi connectivity index (χ1v) is 8.58. The molecule has 0 saturated heterocycles. The summed E-state index contributed by atoms with van der Waals surface area (Å²) in [5, 5.41) is 2.43. The fourth-order valence-corrected chi connectivity index (χ4v) is 3.71. The normalized spacial score (nSPS) is 11.8. The van der Waals surface area contributed by atoms with Crippen LogP contribution in [0.25, 0.3) is 21.8 Å². The van der Waals surface area contributed by atoms with E-state index < -0.39 is 0 Å². The lowest BCUT2D eigenvalue weighted by molar-refractivity contribution is 1.05. The minimum Gasteiger partial charge on any atom is -0.361 e. The van der Waals surface area contributed by atoms with Crippen molar-refractivity contribution in [2.75, 3.05) is 0 Å². The Kier molecular flexibility index (Phi) is 3.39. The zero-order valence-electron chi connectivity index (χ0n) is 11.7. The van der Waals surface area contributed by atoms with Crippen molar-refractivity contribution in [3.63, 3.8) is 0 Å². The Labute approximate surface area is 145 Å². The summed E-state index contributed by atoms with van der Waals surface area (Å²) >= 11 is 7.02. The molecular weight excluding hydrogens is 404 g/mol. The van der Waals surface area contributed by atoms with Gasteiger partial charge in [0.25, 0.3) is 0 Å². The summed E-state index contributed by atoms with van der Waals surface area (Å²) in [6, 6.07) is 12.6. The Balaban J connectivity index is 1.86. The second-order valence-corrected chi connectivity index (χ2v) is 7.25. The number of rotatable bonds is 2. The highest BCUT2D eigenvalue weighted by Crippen LogP contribution is 2.35. The van der Waals surface area contributed by atoms with Crippen LogP contribution in [0.15, 0.2) is 57.7 Å². The lowest BCUT2D eigenvalue weighted by Crippen LogP contribution is -1.94. The molecule has 4 heteroatoms. The van der Waals surface area contributed by atoms with Crippen molar-refractivity contribution in [2.24, 2.45) is 0 Å². The molecule has 4 rings (SSSR count). The van der Waals surface area contributed by atoms with Crippen molar-refractivity contribution in [3.8, 4) is 0 Å². The van der Waals surface area contributed by atoms with E-state index in [1.54, 1.807) is 0 Å². The van der Waals surface area contributed by atoms with Crippen LogP contribution in [0.5, 0.6) is 0 Å². The SMILES string of the molecule is [CH2]C(c1c[nH]c2cc(Br)ccc12)c1c[nH]c2cc(Br)ccc12. The van der Waals surface area contributed by atoms with Gasteiger partial charge < -0.3 is 9.97 Å². The predicted molar refractivity (Wildman–Crippen MR) is 99.2 cm³/mol. The van der Waals surface area contributed by atoms with Gasteiger partial charge in [-0.1, -0.05) is 44.0 Å². The van der Waals surface area contributed by atoms with Crippen molar-refractivity contribution >= 4 is 53.7 Å². The number of halogens is 2. The number of nitrogens with one attached hydrogen (secondary N) is 2. The van der Waals surface area contributed by atoms with Gasteiger partial charge in [0.05, 0.1) is 0 Å². The molecule has 2 heterocycles. The van der Waals surface area contributed by atoms with E-state index in [0.717, 1.165) is 20.0 Å². The second-order valence-electron chi connectivity index (χ2n) is 5.42. The molecule has 0 unspecified atom stereocenters. The Morgan fingerprint density at radius 3 is 1.68 bits per heavy atom. The highest BCUT2D eigenvalue weighted by molar-refractivity contribution is 9.10. The topological polar surface area (TPSA) is 31.6 Å². The molecule has 2 aromatic carbocycles. The number of benzene rings is 2. The summed E-state index contributed by atoms with van der Waals surface area (Å²) < 4.78 is 2.15. The van der Waals surface area contributed by atoms with E-state index in [0.29, 0.717) is 0 Å². The molecule has 0 atom stereocenters. The first-order valence-electron chi connectivity index (χ1n) is 6.99. The summed E-state index contributed by atoms with van der Waals surface area (Å²) in [4.78, 5) is 6.68. The minimum atomic E-state index is 0.0739. The largest absolute Gasteiger partial charge is 0.361 e. The molecular formula is C18H13Br2N2. The number of hydrogen-bond acceptors (Lipinski definition) is 0. The Bertz CT molecular complexity index is 901. The van der Waals surface area contributed by atoms with Crippen LogP contribution in [-0.2, 0) is 0 Å². The summed E-state index contributed by atoms with van der Waals surface area (Å²) in [6.07, 6.45) is 4.12. The van der Waals surface area contributed by atoms with Gasteiger partial charge in [-0.2, -0.15) is 0 Å². The summed E-state index contributed by atoms with van der Waals surface area (Å²) in [5.74, 6) is 0.0739. The van der Waals surface area contributed by atoms with Gasteiger partial charge in [0.2, 0.25) is 0 Å². The molecule has 0 aliphatic heterocycles. The van der Waals surface area contributed by atoms with Gasteiger partial charge in [0.15, 0.2) is 0 Å². The summed E-state index contributed by atoms with van der Waals surface area (Å²) in [7, 11) is 0. The third kappa shape index (κ3) is 2.22. The molecule has 2 nitrogen and oxygen atoms in total. The van der Waals surface area contributed by atoms with E-state index in [9.17, 15) is 0 Å². The van der Waals surface area contributed by atoms with Crippen LogP contribution in [0.1, 0.15) is 17.0 Å². The van der Waals surface area contributed by atoms with Crippen molar-refractivity contribution in [1.82, 2.24) is 9.97 Å². The van der Waals surface area contributed by atoms with Gasteiger partial charge in [-0.05, 0) is 42.3 Å². The van der Waals surface area contributed by atoms with Crippen molar-refractivity contribution in [2.45, 2.75) is 5.92 Å². The van der Waals surface area contributed by atoms with E-state index in [1.807, 2.05) is 0 Å². The predicted octanol–water partition coefficient (Wildman–Crippen LogP) is 6.14. The Hall–Kier alpha value is -1.52. The van der Waals surface area contributed by atoms with E-state index in [1.165, 1.54) is 21.9 Å². The fourth-order valence-electron chi connectivity index (χ4n) is 2.99. The molecule has 2 N–H and O–H groups in total. The number of hydrogen-bond donors (Lipinski definition) is 2. The van der Waals surface area contributed by atoms with Crippen molar-refractivity contribution < 1.29 is 0 Å². The van der Waals surface area contributed by atoms with E-state index in [2.05, 4.69) is 97.5 Å². The van der Waals surface area contributed by atoms with E-state index in [4.69, 9.17) is 0 Å². The molecule has 0 bridgehead atoms. The zero-order chi connectivity index (χ0) is 15.3. The van der Waals surface area contributed by atoms with Gasteiger partial charge in [-0.15, -0.1) is 0 Å². The Morgan fingerprint density at radius 2 is 1.23 bits per heavy atom. The molecule has 0 amide bonds. The average Bonchev–Trinajstić information content (AvgIpc) is 3.09. The van der Waals surface area contributed by atoms with E-state index in [-0.39, 0.29) is 5.92 Å². The highest BCUT2D eigenvalue weighted by Gasteiger charge is 2.17. The number of aromatic nitrogens is 2. The zero-order valence-corrected chi connectivity index (χ0v) is 14.8. The number of aromatic amines is 2. The molecule has 2 aromatic heterocycles. The minimum absolute atomic E-state index is 0.0739. The monoisotopic (exact) mass is 415 g/mol. The van der Waals surface area contributed by atoms with Crippen LogP contribution in [0.4, 0.5) is 0 Å². The summed E-state index contributed by atoms with van der Waals surface area (Å²) in [6.45, 7) is 4.40. The van der Waals surface area contributed by atoms with Gasteiger partial charge in [-0.25, -0.2) is 0 Å². The van der Waals surface area contributed by atoms with Gasteiger partial charge in [0, 0.05) is 49.1 Å². The maximum atomic E-state index is 4.40. The molecule has 22 heavy (non-hydrogen) atoms. The standard InChI is InChI=1S/C18H13Br2N2/c1-10(15-8-21-17-6-11(19)2-4-13(15)17)16-9-22-18-7-12(20)3-5-14(16)18/h2-10,21-22H,1H2. The van der Waals surface area contributed by atoms with Crippen LogP contribution in [0.3, 0.4) is 0 Å². The first-order chi connectivity index (χ1) is 10.6. The molecule has 4 aromatic rings. The number of fused-ring (bicyclic) bond motifs is 2. The second kappa shape index (κ2) is 5.28. The smallest absolute Gasteiger partial charge is 0.0468 e. The fraction of sp³-hybridized carbons (Fsp3) is 0.0556. The average molecular weight is 417 g/mol. The molecule has 0 aliphatic rings. The maximum absolute atomic E-state index is 4.40. The molecule has 0 aliphatic carbocycles. The van der Waals surface area contributed by atoms with E-state index >= 15 is 0 Å². The third-order valence-corrected chi connectivity index (χ3v) is 5.09. The highest BCUT2D eigenvalue weighted by atomic mass is 79.9. The molecule has 0 saturated carbocycles. The van der Waals surface area contributed by atoms with Gasteiger partial charge in [-0.3, -0.25) is 0 Å². The molecule has 109 valence electrons. The summed E-state index contributed by atoms with van der Waals surface area (Å²) in [5.41, 5.74) is 4.68. The van der Waals surface area contributed by atoms with Crippen LogP contribution in [0, 0.1) is 6.92 Å². The maximum Gasteiger partial charge on any atom is 0.0468 e. The third-order valence-electron chi connectivity index (χ3n) is 4.10. The van der Waals surface area contributed by atoms with Crippen LogP contribution in [-0.4, -0.2) is 9.97 Å². The quantitative estimate of drug-likeness (QED) is 0.393. The van der Waals surface area contributed by atoms with Crippen LogP contribution >= 0.6 is 31.9 Å². The van der Waals surface area contributed by atoms with Crippen LogP contribution < -0.4 is 0 Å². The molecule has 0 spiro atoms. The molecule has 0 fully saturated rings. The Morgan fingerprint density at radius 1 is 0.773 bits per heavy atom. The van der Waals surface area contributed by atoms with Gasteiger partial charge in [0.1, 0.15) is 0 Å². The lowest BCUT2D eigenvalue weighted by Gasteiger charge is -2.10. The van der Waals surface area contributed by atoms with Crippen LogP contribution in [0.2, 0.25) is 0 Å². The first kappa shape index (κ1) is 14.1.